The van der Waals surface area contributed by atoms with Crippen molar-refractivity contribution < 1.29 is 14.6 Å². The van der Waals surface area contributed by atoms with Crippen LogP contribution in [0.25, 0.3) is 21.7 Å². The number of carbonyl (C=O) groups is 1. The number of carbonyl (C=O) groups excluding carboxylic acids is 1. The Morgan fingerprint density at radius 1 is 1.23 bits per heavy atom. The monoisotopic (exact) mass is 297 g/mol. The van der Waals surface area contributed by atoms with Crippen LogP contribution < -0.4 is 0 Å². The van der Waals surface area contributed by atoms with E-state index in [0.717, 1.165) is 27.4 Å². The lowest BCUT2D eigenvalue weighted by Crippen LogP contribution is -2.07. The van der Waals surface area contributed by atoms with Gasteiger partial charge in [-0.15, -0.1) is 0 Å². The lowest BCUT2D eigenvalue weighted by molar-refractivity contribution is 0.101. The van der Waals surface area contributed by atoms with Crippen LogP contribution >= 0.6 is 0 Å². The first-order valence-corrected chi connectivity index (χ1v) is 7.29. The van der Waals surface area contributed by atoms with E-state index < -0.39 is 0 Å². The summed E-state index contributed by atoms with van der Waals surface area (Å²) in [6, 6.07) is 9.40. The highest BCUT2D eigenvalue weighted by atomic mass is 16.5. The Kier molecular flexibility index (Phi) is 3.62. The normalized spacial score (nSPS) is 11.4. The van der Waals surface area contributed by atoms with E-state index >= 15 is 0 Å². The summed E-state index contributed by atoms with van der Waals surface area (Å²) in [5.74, 6) is 0.211. The fourth-order valence-electron chi connectivity index (χ4n) is 3.23. The molecule has 0 atom stereocenters. The average molecular weight is 297 g/mol. The van der Waals surface area contributed by atoms with Gasteiger partial charge in [-0.25, -0.2) is 0 Å². The van der Waals surface area contributed by atoms with Gasteiger partial charge in [0.2, 0.25) is 0 Å². The van der Waals surface area contributed by atoms with Crippen LogP contribution in [0.5, 0.6) is 5.75 Å². The number of Topliss-reactive ketones (excluding diaryl/α,β-unsaturated/α-hetero) is 1. The van der Waals surface area contributed by atoms with Gasteiger partial charge in [0.15, 0.2) is 5.78 Å². The number of aromatic nitrogens is 1. The summed E-state index contributed by atoms with van der Waals surface area (Å²) in [6.07, 6.45) is 0. The Hall–Kier alpha value is -2.33. The van der Waals surface area contributed by atoms with Crippen LogP contribution in [0.15, 0.2) is 30.3 Å². The summed E-state index contributed by atoms with van der Waals surface area (Å²) >= 11 is 0. The molecule has 0 saturated carbocycles. The molecule has 0 spiro atoms. The molecular weight excluding hydrogens is 278 g/mol. The quantitative estimate of drug-likeness (QED) is 0.748. The fraction of sp³-hybridized carbons (Fsp3) is 0.278. The lowest BCUT2D eigenvalue weighted by atomic mass is 10.0. The summed E-state index contributed by atoms with van der Waals surface area (Å²) in [5, 5.41) is 12.9. The number of benzene rings is 2. The van der Waals surface area contributed by atoms with Crippen LogP contribution in [-0.2, 0) is 11.3 Å². The second kappa shape index (κ2) is 5.46. The largest absolute Gasteiger partial charge is 0.507 e. The number of rotatable bonds is 4. The summed E-state index contributed by atoms with van der Waals surface area (Å²) in [7, 11) is 1.66. The van der Waals surface area contributed by atoms with Crippen LogP contribution in [0.1, 0.15) is 23.0 Å². The molecule has 2 aromatic carbocycles. The molecule has 0 fully saturated rings. The number of ether oxygens (including phenoxy) is 1. The molecule has 0 amide bonds. The lowest BCUT2D eigenvalue weighted by Gasteiger charge is -2.10. The minimum absolute atomic E-state index is 0.00773. The number of methoxy groups -OCH3 is 1. The first-order chi connectivity index (χ1) is 10.6. The highest BCUT2D eigenvalue weighted by Crippen LogP contribution is 2.37. The molecule has 114 valence electrons. The number of fused-ring (bicyclic) bond motifs is 3. The summed E-state index contributed by atoms with van der Waals surface area (Å²) in [6.45, 7) is 4.74. The minimum Gasteiger partial charge on any atom is -0.507 e. The Morgan fingerprint density at radius 2 is 1.91 bits per heavy atom. The molecule has 3 aromatic rings. The van der Waals surface area contributed by atoms with Crippen molar-refractivity contribution in [3.05, 3.63) is 41.6 Å². The molecule has 0 aliphatic carbocycles. The number of hydrogen-bond donors (Lipinski definition) is 1. The zero-order chi connectivity index (χ0) is 15.9. The Labute approximate surface area is 128 Å². The van der Waals surface area contributed by atoms with Gasteiger partial charge in [-0.3, -0.25) is 4.79 Å². The van der Waals surface area contributed by atoms with E-state index in [4.69, 9.17) is 4.74 Å². The molecule has 4 nitrogen and oxygen atoms in total. The van der Waals surface area contributed by atoms with E-state index in [1.165, 1.54) is 0 Å². The van der Waals surface area contributed by atoms with Crippen molar-refractivity contribution in [2.45, 2.75) is 20.4 Å². The highest BCUT2D eigenvalue weighted by molar-refractivity contribution is 6.17. The van der Waals surface area contributed by atoms with Gasteiger partial charge < -0.3 is 14.4 Å². The van der Waals surface area contributed by atoms with E-state index in [9.17, 15) is 9.90 Å². The minimum atomic E-state index is 0.00773. The highest BCUT2D eigenvalue weighted by Gasteiger charge is 2.20. The number of phenolic OH excluding ortho intramolecular Hbond substituents is 1. The molecule has 0 unspecified atom stereocenters. The Bertz CT molecular complexity index is 877. The third-order valence-electron chi connectivity index (χ3n) is 4.17. The van der Waals surface area contributed by atoms with E-state index in [-0.39, 0.29) is 11.5 Å². The molecule has 0 aliphatic heterocycles. The summed E-state index contributed by atoms with van der Waals surface area (Å²) < 4.78 is 7.31. The number of hydrogen-bond acceptors (Lipinski definition) is 3. The SMILES string of the molecule is COCCn1c(C)c(C(C)=O)c2cc(O)c3ccccc3c21. The smallest absolute Gasteiger partial charge is 0.162 e. The predicted octanol–water partition coefficient (Wildman–Crippen LogP) is 3.66. The van der Waals surface area contributed by atoms with E-state index in [1.54, 1.807) is 20.1 Å². The molecule has 4 heteroatoms. The molecular formula is C18H19NO3. The molecule has 0 radical (unpaired) electrons. The maximum absolute atomic E-state index is 12.1. The third kappa shape index (κ3) is 2.07. The van der Waals surface area contributed by atoms with Crippen molar-refractivity contribution in [1.29, 1.82) is 0 Å². The summed E-state index contributed by atoms with van der Waals surface area (Å²) in [4.78, 5) is 12.1. The van der Waals surface area contributed by atoms with E-state index in [2.05, 4.69) is 4.57 Å². The van der Waals surface area contributed by atoms with Crippen molar-refractivity contribution in [3.63, 3.8) is 0 Å². The molecule has 3 rings (SSSR count). The van der Waals surface area contributed by atoms with Gasteiger partial charge in [-0.05, 0) is 19.9 Å². The van der Waals surface area contributed by atoms with E-state index in [1.807, 2.05) is 31.2 Å². The van der Waals surface area contributed by atoms with Gasteiger partial charge in [-0.2, -0.15) is 0 Å². The molecule has 0 saturated heterocycles. The first kappa shape index (κ1) is 14.6. The molecule has 1 heterocycles. The second-order valence-corrected chi connectivity index (χ2v) is 5.50. The van der Waals surface area contributed by atoms with Crippen molar-refractivity contribution in [3.8, 4) is 5.75 Å². The molecule has 1 N–H and O–H groups in total. The number of nitrogens with zero attached hydrogens (tertiary/aromatic N) is 1. The van der Waals surface area contributed by atoms with Gasteiger partial charge in [0.05, 0.1) is 12.1 Å². The van der Waals surface area contributed by atoms with Crippen molar-refractivity contribution in [1.82, 2.24) is 4.57 Å². The van der Waals surface area contributed by atoms with Crippen LogP contribution in [0, 0.1) is 6.92 Å². The maximum Gasteiger partial charge on any atom is 0.162 e. The van der Waals surface area contributed by atoms with Crippen molar-refractivity contribution >= 4 is 27.5 Å². The van der Waals surface area contributed by atoms with Crippen LogP contribution in [-0.4, -0.2) is 29.2 Å². The molecule has 0 aliphatic rings. The van der Waals surface area contributed by atoms with Crippen molar-refractivity contribution in [2.75, 3.05) is 13.7 Å². The van der Waals surface area contributed by atoms with Gasteiger partial charge >= 0.3 is 0 Å². The van der Waals surface area contributed by atoms with Crippen LogP contribution in [0.2, 0.25) is 0 Å². The Morgan fingerprint density at radius 3 is 2.55 bits per heavy atom. The van der Waals surface area contributed by atoms with E-state index in [0.29, 0.717) is 18.7 Å². The molecule has 0 bridgehead atoms. The zero-order valence-electron chi connectivity index (χ0n) is 13.0. The first-order valence-electron chi connectivity index (χ1n) is 7.29. The fourth-order valence-corrected chi connectivity index (χ4v) is 3.23. The third-order valence-corrected chi connectivity index (χ3v) is 4.17. The average Bonchev–Trinajstić information content (AvgIpc) is 2.77. The predicted molar refractivity (Wildman–Crippen MR) is 87.7 cm³/mol. The zero-order valence-corrected chi connectivity index (χ0v) is 13.0. The maximum atomic E-state index is 12.1. The topological polar surface area (TPSA) is 51.5 Å². The second-order valence-electron chi connectivity index (χ2n) is 5.50. The van der Waals surface area contributed by atoms with Gasteiger partial charge in [0, 0.05) is 41.1 Å². The molecule has 22 heavy (non-hydrogen) atoms. The standard InChI is InChI=1S/C18H19NO3/c1-11-17(12(2)20)15-10-16(21)13-6-4-5-7-14(13)18(15)19(11)8-9-22-3/h4-7,10,21H,8-9H2,1-3H3. The van der Waals surface area contributed by atoms with Crippen LogP contribution in [0.3, 0.4) is 0 Å². The Balaban J connectivity index is 2.49. The van der Waals surface area contributed by atoms with Gasteiger partial charge in [-0.1, -0.05) is 24.3 Å². The number of ketones is 1. The van der Waals surface area contributed by atoms with Crippen LogP contribution in [0.4, 0.5) is 0 Å². The molecule has 1 aromatic heterocycles. The van der Waals surface area contributed by atoms with Crippen molar-refractivity contribution in [2.24, 2.45) is 0 Å². The summed E-state index contributed by atoms with van der Waals surface area (Å²) in [5.41, 5.74) is 2.57. The number of phenols is 1. The number of aromatic hydroxyl groups is 1. The van der Waals surface area contributed by atoms with Gasteiger partial charge in [0.25, 0.3) is 0 Å². The van der Waals surface area contributed by atoms with Gasteiger partial charge in [0.1, 0.15) is 5.75 Å².